The zero-order valence-corrected chi connectivity index (χ0v) is 15.2. The van der Waals surface area contributed by atoms with Crippen LogP contribution in [-0.2, 0) is 6.42 Å². The highest BCUT2D eigenvalue weighted by Gasteiger charge is 2.41. The van der Waals surface area contributed by atoms with Gasteiger partial charge in [-0.2, -0.15) is 0 Å². The van der Waals surface area contributed by atoms with Gasteiger partial charge in [0.05, 0.1) is 0 Å². The highest BCUT2D eigenvalue weighted by molar-refractivity contribution is 9.10. The molecule has 1 unspecified atom stereocenters. The van der Waals surface area contributed by atoms with E-state index in [9.17, 15) is 0 Å². The fraction of sp³-hybridized carbons (Fsp3) is 0.667. The molecule has 1 aromatic rings. The minimum Gasteiger partial charge on any atom is -0.312 e. The summed E-state index contributed by atoms with van der Waals surface area (Å²) in [6, 6.07) is 9.28. The highest BCUT2D eigenvalue weighted by atomic mass is 79.9. The van der Waals surface area contributed by atoms with Crippen LogP contribution in [0.2, 0.25) is 0 Å². The summed E-state index contributed by atoms with van der Waals surface area (Å²) in [7, 11) is 4.52. The third-order valence-corrected chi connectivity index (χ3v) is 5.53. The highest BCUT2D eigenvalue weighted by Crippen LogP contribution is 2.36. The van der Waals surface area contributed by atoms with Crippen LogP contribution in [0.15, 0.2) is 28.7 Å². The summed E-state index contributed by atoms with van der Waals surface area (Å²) in [5, 5.41) is 3.79. The van der Waals surface area contributed by atoms with Gasteiger partial charge in [-0.3, -0.25) is 0 Å². The molecule has 3 heteroatoms. The average molecular weight is 353 g/mol. The molecule has 1 aliphatic carbocycles. The Morgan fingerprint density at radius 2 is 1.95 bits per heavy atom. The number of hydrogen-bond donors (Lipinski definition) is 1. The van der Waals surface area contributed by atoms with Crippen molar-refractivity contribution < 1.29 is 0 Å². The van der Waals surface area contributed by atoms with Gasteiger partial charge >= 0.3 is 0 Å². The number of hydrogen-bond acceptors (Lipinski definition) is 2. The first kappa shape index (κ1) is 17.0. The molecule has 1 aliphatic rings. The summed E-state index contributed by atoms with van der Waals surface area (Å²) in [6.45, 7) is 3.26. The van der Waals surface area contributed by atoms with Gasteiger partial charge in [0, 0.05) is 16.1 Å². The molecule has 0 aromatic heterocycles. The lowest BCUT2D eigenvalue weighted by Crippen LogP contribution is -2.60. The Morgan fingerprint density at radius 1 is 1.24 bits per heavy atom. The van der Waals surface area contributed by atoms with Crippen LogP contribution < -0.4 is 5.32 Å². The molecule has 0 radical (unpaired) electrons. The number of likely N-dealkylation sites (N-methyl/N-ethyl adjacent to an activating group) is 2. The maximum absolute atomic E-state index is 3.79. The van der Waals surface area contributed by atoms with Crippen molar-refractivity contribution in [2.24, 2.45) is 0 Å². The Balaban J connectivity index is 2.23. The van der Waals surface area contributed by atoms with Gasteiger partial charge < -0.3 is 10.2 Å². The molecule has 1 N–H and O–H groups in total. The van der Waals surface area contributed by atoms with Crippen molar-refractivity contribution in [2.75, 3.05) is 20.6 Å². The van der Waals surface area contributed by atoms with Crippen molar-refractivity contribution in [3.8, 4) is 0 Å². The van der Waals surface area contributed by atoms with Crippen molar-refractivity contribution in [1.82, 2.24) is 10.2 Å². The van der Waals surface area contributed by atoms with Crippen LogP contribution in [0.4, 0.5) is 0 Å². The first-order valence-corrected chi connectivity index (χ1v) is 9.03. The van der Waals surface area contributed by atoms with Crippen molar-refractivity contribution >= 4 is 15.9 Å². The molecular formula is C18H29BrN2. The third kappa shape index (κ3) is 4.08. The molecule has 2 rings (SSSR count). The monoisotopic (exact) mass is 352 g/mol. The summed E-state index contributed by atoms with van der Waals surface area (Å²) in [5.41, 5.74) is 1.72. The van der Waals surface area contributed by atoms with Gasteiger partial charge in [0.1, 0.15) is 0 Å². The van der Waals surface area contributed by atoms with Crippen LogP contribution >= 0.6 is 15.9 Å². The van der Waals surface area contributed by atoms with Crippen LogP contribution in [0.3, 0.4) is 0 Å². The van der Waals surface area contributed by atoms with Crippen LogP contribution in [-0.4, -0.2) is 37.1 Å². The van der Waals surface area contributed by atoms with E-state index in [0.29, 0.717) is 11.6 Å². The molecular weight excluding hydrogens is 324 g/mol. The number of halogens is 1. The van der Waals surface area contributed by atoms with E-state index in [1.54, 1.807) is 0 Å². The Morgan fingerprint density at radius 3 is 2.52 bits per heavy atom. The second-order valence-electron chi connectivity index (χ2n) is 6.50. The van der Waals surface area contributed by atoms with Crippen molar-refractivity contribution in [2.45, 2.75) is 57.0 Å². The van der Waals surface area contributed by atoms with E-state index in [1.807, 2.05) is 0 Å². The second-order valence-corrected chi connectivity index (χ2v) is 7.42. The molecule has 0 spiro atoms. The lowest BCUT2D eigenvalue weighted by molar-refractivity contribution is 0.0575. The molecule has 1 aromatic carbocycles. The minimum absolute atomic E-state index is 0.302. The third-order valence-electron chi connectivity index (χ3n) is 5.04. The second kappa shape index (κ2) is 7.75. The normalized spacial score (nSPS) is 19.7. The molecule has 0 bridgehead atoms. The number of benzene rings is 1. The fourth-order valence-corrected chi connectivity index (χ4v) is 4.32. The van der Waals surface area contributed by atoms with Gasteiger partial charge in [0.15, 0.2) is 0 Å². The smallest absolute Gasteiger partial charge is 0.0359 e. The molecule has 1 fully saturated rings. The molecule has 1 saturated carbocycles. The summed E-state index contributed by atoms with van der Waals surface area (Å²) >= 11 is 3.60. The van der Waals surface area contributed by atoms with E-state index < -0.39 is 0 Å². The van der Waals surface area contributed by atoms with Crippen molar-refractivity contribution in [3.05, 3.63) is 34.3 Å². The van der Waals surface area contributed by atoms with E-state index in [0.717, 1.165) is 13.0 Å². The Labute approximate surface area is 138 Å². The molecule has 0 saturated heterocycles. The van der Waals surface area contributed by atoms with E-state index in [1.165, 1.54) is 42.1 Å². The predicted molar refractivity (Wildman–Crippen MR) is 94.8 cm³/mol. The molecule has 1 atom stereocenters. The predicted octanol–water partition coefficient (Wildman–Crippen LogP) is 4.23. The summed E-state index contributed by atoms with van der Waals surface area (Å²) in [4.78, 5) is 2.48. The number of rotatable bonds is 6. The lowest BCUT2D eigenvalue weighted by Gasteiger charge is -2.49. The van der Waals surface area contributed by atoms with Gasteiger partial charge in [-0.1, -0.05) is 54.2 Å². The number of nitrogens with zero attached hydrogens (tertiary/aromatic N) is 1. The fourth-order valence-electron chi connectivity index (χ4n) is 3.87. The molecule has 118 valence electrons. The summed E-state index contributed by atoms with van der Waals surface area (Å²) < 4.78 is 1.18. The Kier molecular flexibility index (Phi) is 6.27. The zero-order valence-electron chi connectivity index (χ0n) is 13.7. The standard InChI is InChI=1S/C18H29BrN2/c1-4-20-17(14-15-9-8-10-16(19)13-15)18(21(2)3)11-6-5-7-12-18/h8-10,13,17,20H,4-7,11-12,14H2,1-3H3. The topological polar surface area (TPSA) is 15.3 Å². The Hall–Kier alpha value is -0.380. The molecule has 0 aliphatic heterocycles. The van der Waals surface area contributed by atoms with Gasteiger partial charge in [0.2, 0.25) is 0 Å². The first-order chi connectivity index (χ1) is 10.1. The minimum atomic E-state index is 0.302. The van der Waals surface area contributed by atoms with Gasteiger partial charge in [-0.05, 0) is 57.6 Å². The maximum Gasteiger partial charge on any atom is 0.0359 e. The van der Waals surface area contributed by atoms with E-state index in [4.69, 9.17) is 0 Å². The van der Waals surface area contributed by atoms with Crippen LogP contribution in [0.1, 0.15) is 44.6 Å². The summed E-state index contributed by atoms with van der Waals surface area (Å²) in [5.74, 6) is 0. The van der Waals surface area contributed by atoms with Crippen molar-refractivity contribution in [1.29, 1.82) is 0 Å². The maximum atomic E-state index is 3.79. The quantitative estimate of drug-likeness (QED) is 0.823. The van der Waals surface area contributed by atoms with Crippen molar-refractivity contribution in [3.63, 3.8) is 0 Å². The number of nitrogens with one attached hydrogen (secondary N) is 1. The SMILES string of the molecule is CCNC(Cc1cccc(Br)c1)C1(N(C)C)CCCCC1. The van der Waals surface area contributed by atoms with E-state index in [-0.39, 0.29) is 0 Å². The van der Waals surface area contributed by atoms with Gasteiger partial charge in [0.25, 0.3) is 0 Å². The lowest BCUT2D eigenvalue weighted by atomic mass is 9.73. The summed E-state index contributed by atoms with van der Waals surface area (Å²) in [6.07, 6.45) is 7.84. The van der Waals surface area contributed by atoms with Crippen LogP contribution in [0.5, 0.6) is 0 Å². The zero-order chi connectivity index (χ0) is 15.3. The van der Waals surface area contributed by atoms with E-state index >= 15 is 0 Å². The van der Waals surface area contributed by atoms with Gasteiger partial charge in [-0.15, -0.1) is 0 Å². The molecule has 21 heavy (non-hydrogen) atoms. The molecule has 0 heterocycles. The first-order valence-electron chi connectivity index (χ1n) is 8.24. The van der Waals surface area contributed by atoms with Gasteiger partial charge in [-0.25, -0.2) is 0 Å². The average Bonchev–Trinajstić information content (AvgIpc) is 2.47. The molecule has 0 amide bonds. The van der Waals surface area contributed by atoms with E-state index in [2.05, 4.69) is 71.4 Å². The largest absolute Gasteiger partial charge is 0.312 e. The Bertz CT molecular complexity index is 439. The van der Waals surface area contributed by atoms with Crippen LogP contribution in [0, 0.1) is 0 Å². The molecule has 2 nitrogen and oxygen atoms in total. The van der Waals surface area contributed by atoms with Crippen LogP contribution in [0.25, 0.3) is 0 Å².